The first-order chi connectivity index (χ1) is 3.91. The van der Waals surface area contributed by atoms with E-state index < -0.39 is 0 Å². The number of halogens is 1. The second-order valence-electron chi connectivity index (χ2n) is 1.60. The molecule has 0 aromatic carbocycles. The van der Waals surface area contributed by atoms with Gasteiger partial charge in [-0.2, -0.15) is 0 Å². The Bertz CT molecular complexity index is 35.4. The summed E-state index contributed by atoms with van der Waals surface area (Å²) < 4.78 is 4.78. The molecule has 0 amide bonds. The molecule has 0 aromatic heterocycles. The van der Waals surface area contributed by atoms with E-state index in [-0.39, 0.29) is 0 Å². The molecule has 0 saturated heterocycles. The molecule has 3 heteroatoms. The summed E-state index contributed by atoms with van der Waals surface area (Å²) in [5, 5.41) is 8.32. The van der Waals surface area contributed by atoms with Gasteiger partial charge in [-0.15, -0.1) is 0 Å². The minimum absolute atomic E-state index is 0.307. The number of hydrogen-bond donors (Lipinski definition) is 1. The number of hydrogen-bond acceptors (Lipinski definition) is 2. The molecule has 0 aliphatic heterocycles. The largest absolute Gasteiger partial charge is 0.396 e. The van der Waals surface area contributed by atoms with Gasteiger partial charge in [0, 0.05) is 6.61 Å². The monoisotopic (exact) mass is 230 g/mol. The molecule has 1 N–H and O–H groups in total. The average molecular weight is 230 g/mol. The fourth-order valence-corrected chi connectivity index (χ4v) is 0.757. The quantitative estimate of drug-likeness (QED) is 0.573. The van der Waals surface area contributed by atoms with Crippen LogP contribution in [0, 0.1) is 0 Å². The van der Waals surface area contributed by atoms with Crippen LogP contribution in [-0.4, -0.2) is 18.3 Å². The first kappa shape index (κ1) is 8.65. The molecule has 0 aliphatic rings. The second kappa shape index (κ2) is 7.65. The Kier molecular flexibility index (Phi) is 8.27. The molecule has 0 saturated carbocycles. The Morgan fingerprint density at radius 1 is 1.25 bits per heavy atom. The van der Waals surface area contributed by atoms with Gasteiger partial charge in [0.25, 0.3) is 0 Å². The van der Waals surface area contributed by atoms with Crippen LogP contribution < -0.4 is 0 Å². The fourth-order valence-electron chi connectivity index (χ4n) is 0.445. The van der Waals surface area contributed by atoms with Crippen molar-refractivity contribution in [2.24, 2.45) is 0 Å². The van der Waals surface area contributed by atoms with Gasteiger partial charge in [-0.05, 0) is 19.3 Å². The summed E-state index contributed by atoms with van der Waals surface area (Å²) in [7, 11) is 0. The van der Waals surface area contributed by atoms with Crippen LogP contribution in [0.4, 0.5) is 0 Å². The highest BCUT2D eigenvalue weighted by Crippen LogP contribution is 1.96. The van der Waals surface area contributed by atoms with Gasteiger partial charge in [-0.1, -0.05) is 0 Å². The molecule has 0 fully saturated rings. The third kappa shape index (κ3) is 6.65. The van der Waals surface area contributed by atoms with Crippen LogP contribution in [0.3, 0.4) is 0 Å². The van der Waals surface area contributed by atoms with Crippen molar-refractivity contribution in [3.8, 4) is 0 Å². The summed E-state index contributed by atoms with van der Waals surface area (Å²) in [4.78, 5) is 0. The van der Waals surface area contributed by atoms with Crippen LogP contribution in [0.2, 0.25) is 0 Å². The smallest absolute Gasteiger partial charge is 0.109 e. The summed E-state index contributed by atoms with van der Waals surface area (Å²) in [6.45, 7) is 1.11. The van der Waals surface area contributed by atoms with E-state index in [9.17, 15) is 0 Å². The maximum absolute atomic E-state index is 8.32. The van der Waals surface area contributed by atoms with E-state index in [0.717, 1.165) is 25.9 Å². The summed E-state index contributed by atoms with van der Waals surface area (Å²) in [5.74, 6) is 0. The average Bonchev–Trinajstić information content (AvgIpc) is 1.81. The molecule has 0 heterocycles. The standard InChI is InChI=1S/C5H11IO2/c6-8-5-3-1-2-4-7/h7H,1-5H2. The fraction of sp³-hybridized carbons (Fsp3) is 1.00. The van der Waals surface area contributed by atoms with Crippen LogP contribution in [0.5, 0.6) is 0 Å². The molecule has 0 bridgehead atoms. The normalized spacial score (nSPS) is 9.75. The molecule has 50 valence electrons. The summed E-state index contributed by atoms with van der Waals surface area (Å²) in [6, 6.07) is 0. The second-order valence-corrected chi connectivity index (χ2v) is 2.22. The molecule has 0 spiro atoms. The number of aliphatic hydroxyl groups excluding tert-OH is 1. The van der Waals surface area contributed by atoms with E-state index in [1.165, 1.54) is 0 Å². The van der Waals surface area contributed by atoms with Gasteiger partial charge in [0.05, 0.1) is 6.61 Å². The minimum Gasteiger partial charge on any atom is -0.396 e. The molecule has 0 aliphatic carbocycles. The zero-order valence-electron chi connectivity index (χ0n) is 4.77. The highest BCUT2D eigenvalue weighted by Gasteiger charge is 1.84. The van der Waals surface area contributed by atoms with Crippen LogP contribution in [-0.2, 0) is 3.07 Å². The van der Waals surface area contributed by atoms with Gasteiger partial charge in [0.1, 0.15) is 23.0 Å². The van der Waals surface area contributed by atoms with E-state index in [1.807, 2.05) is 23.0 Å². The Morgan fingerprint density at radius 3 is 2.50 bits per heavy atom. The number of unbranched alkanes of at least 4 members (excludes halogenated alkanes) is 2. The van der Waals surface area contributed by atoms with E-state index in [1.54, 1.807) is 0 Å². The third-order valence-electron chi connectivity index (χ3n) is 0.880. The SMILES string of the molecule is OCCCCCOI. The molecular formula is C5H11IO2. The maximum Gasteiger partial charge on any atom is 0.109 e. The van der Waals surface area contributed by atoms with E-state index in [4.69, 9.17) is 8.17 Å². The number of aliphatic hydroxyl groups is 1. The van der Waals surface area contributed by atoms with Crippen LogP contribution >= 0.6 is 23.0 Å². The molecule has 0 aromatic rings. The summed E-state index contributed by atoms with van der Waals surface area (Å²) >= 11 is 1.88. The highest BCUT2D eigenvalue weighted by atomic mass is 127. The van der Waals surface area contributed by atoms with E-state index in [2.05, 4.69) is 0 Å². The highest BCUT2D eigenvalue weighted by molar-refractivity contribution is 14.1. The Balaban J connectivity index is 2.53. The van der Waals surface area contributed by atoms with Crippen LogP contribution in [0.25, 0.3) is 0 Å². The molecule has 0 unspecified atom stereocenters. The van der Waals surface area contributed by atoms with Gasteiger partial charge in [0.15, 0.2) is 0 Å². The lowest BCUT2D eigenvalue weighted by molar-refractivity contribution is 0.278. The summed E-state index contributed by atoms with van der Waals surface area (Å²) in [5.41, 5.74) is 0. The van der Waals surface area contributed by atoms with Crippen LogP contribution in [0.1, 0.15) is 19.3 Å². The maximum atomic E-state index is 8.32. The molecule has 0 atom stereocenters. The van der Waals surface area contributed by atoms with E-state index in [0.29, 0.717) is 6.61 Å². The zero-order chi connectivity index (χ0) is 6.24. The lowest BCUT2D eigenvalue weighted by Crippen LogP contribution is -1.86. The van der Waals surface area contributed by atoms with Crippen molar-refractivity contribution in [1.82, 2.24) is 0 Å². The van der Waals surface area contributed by atoms with Crippen molar-refractivity contribution in [2.75, 3.05) is 13.2 Å². The van der Waals surface area contributed by atoms with Crippen molar-refractivity contribution in [2.45, 2.75) is 19.3 Å². The van der Waals surface area contributed by atoms with Gasteiger partial charge < -0.3 is 8.17 Å². The Labute approximate surface area is 63.9 Å². The van der Waals surface area contributed by atoms with Gasteiger partial charge >= 0.3 is 0 Å². The van der Waals surface area contributed by atoms with Gasteiger partial charge in [0.2, 0.25) is 0 Å². The Morgan fingerprint density at radius 2 is 2.00 bits per heavy atom. The molecule has 8 heavy (non-hydrogen) atoms. The first-order valence-electron chi connectivity index (χ1n) is 2.76. The predicted octanol–water partition coefficient (Wildman–Crippen LogP) is 1.52. The molecule has 0 radical (unpaired) electrons. The predicted molar refractivity (Wildman–Crippen MR) is 40.9 cm³/mol. The van der Waals surface area contributed by atoms with Gasteiger partial charge in [-0.3, -0.25) is 0 Å². The third-order valence-corrected chi connectivity index (χ3v) is 1.32. The first-order valence-corrected chi connectivity index (χ1v) is 3.64. The van der Waals surface area contributed by atoms with Crippen molar-refractivity contribution in [1.29, 1.82) is 0 Å². The van der Waals surface area contributed by atoms with E-state index >= 15 is 0 Å². The molecular weight excluding hydrogens is 219 g/mol. The number of rotatable bonds is 5. The minimum atomic E-state index is 0.307. The summed E-state index contributed by atoms with van der Waals surface area (Å²) in [6.07, 6.45) is 3.03. The topological polar surface area (TPSA) is 29.5 Å². The zero-order valence-corrected chi connectivity index (χ0v) is 6.93. The lowest BCUT2D eigenvalue weighted by atomic mass is 10.2. The van der Waals surface area contributed by atoms with Crippen molar-refractivity contribution >= 4 is 23.0 Å². The molecule has 2 nitrogen and oxygen atoms in total. The van der Waals surface area contributed by atoms with Crippen molar-refractivity contribution < 1.29 is 8.17 Å². The van der Waals surface area contributed by atoms with Crippen molar-refractivity contribution in [3.63, 3.8) is 0 Å². The Hall–Kier alpha value is 0.650. The van der Waals surface area contributed by atoms with Crippen LogP contribution in [0.15, 0.2) is 0 Å². The molecule has 0 rings (SSSR count). The van der Waals surface area contributed by atoms with Gasteiger partial charge in [-0.25, -0.2) is 0 Å². The lowest BCUT2D eigenvalue weighted by Gasteiger charge is -1.93. The van der Waals surface area contributed by atoms with Crippen molar-refractivity contribution in [3.05, 3.63) is 0 Å².